The summed E-state index contributed by atoms with van der Waals surface area (Å²) in [4.78, 5) is 14.1. The van der Waals surface area contributed by atoms with E-state index in [1.54, 1.807) is 12.1 Å². The second-order valence-electron chi connectivity index (χ2n) is 5.79. The Balaban J connectivity index is 0.00000312. The van der Waals surface area contributed by atoms with Crippen molar-refractivity contribution in [3.05, 3.63) is 29.8 Å². The molecule has 0 bridgehead atoms. The number of carbonyl (C=O) groups is 1. The van der Waals surface area contributed by atoms with Crippen LogP contribution in [-0.2, 0) is 16.0 Å². The second kappa shape index (κ2) is 11.2. The number of piperidine rings is 1. The Morgan fingerprint density at radius 1 is 1.24 bits per heavy atom. The predicted octanol–water partition coefficient (Wildman–Crippen LogP) is 2.61. The number of hydrogen-bond donors (Lipinski definition) is 1. The van der Waals surface area contributed by atoms with Crippen molar-refractivity contribution in [2.24, 2.45) is 5.73 Å². The molecule has 0 saturated carbocycles. The van der Waals surface area contributed by atoms with Crippen molar-refractivity contribution in [3.63, 3.8) is 0 Å². The molecule has 0 atom stereocenters. The highest BCUT2D eigenvalue weighted by Crippen LogP contribution is 2.18. The number of alkyl halides is 2. The maximum absolute atomic E-state index is 12.3. The minimum Gasteiger partial charge on any atom is -0.435 e. The van der Waals surface area contributed by atoms with Crippen molar-refractivity contribution >= 4 is 18.3 Å². The fourth-order valence-corrected chi connectivity index (χ4v) is 2.68. The molecule has 1 aliphatic rings. The van der Waals surface area contributed by atoms with E-state index in [1.807, 2.05) is 4.90 Å². The number of ether oxygens (including phenoxy) is 2. The van der Waals surface area contributed by atoms with Gasteiger partial charge in [-0.05, 0) is 43.5 Å². The number of nitrogens with two attached hydrogens (primary N) is 1. The van der Waals surface area contributed by atoms with E-state index in [4.69, 9.17) is 10.5 Å². The van der Waals surface area contributed by atoms with Crippen LogP contribution >= 0.6 is 12.4 Å². The third-order valence-corrected chi connectivity index (χ3v) is 4.00. The molecule has 2 N–H and O–H groups in total. The largest absolute Gasteiger partial charge is 0.435 e. The first kappa shape index (κ1) is 21.6. The quantitative estimate of drug-likeness (QED) is 0.706. The summed E-state index contributed by atoms with van der Waals surface area (Å²) < 4.78 is 34.2. The average molecular weight is 379 g/mol. The molecule has 25 heavy (non-hydrogen) atoms. The molecule has 1 amide bonds. The molecule has 1 saturated heterocycles. The van der Waals surface area contributed by atoms with Gasteiger partial charge in [-0.1, -0.05) is 12.1 Å². The van der Waals surface area contributed by atoms with E-state index < -0.39 is 6.61 Å². The monoisotopic (exact) mass is 378 g/mol. The maximum Gasteiger partial charge on any atom is 0.387 e. The van der Waals surface area contributed by atoms with Crippen molar-refractivity contribution in [2.45, 2.75) is 38.4 Å². The van der Waals surface area contributed by atoms with Gasteiger partial charge in [0.2, 0.25) is 5.91 Å². The van der Waals surface area contributed by atoms with E-state index in [2.05, 4.69) is 4.74 Å². The van der Waals surface area contributed by atoms with Crippen molar-refractivity contribution in [3.8, 4) is 5.75 Å². The smallest absolute Gasteiger partial charge is 0.387 e. The van der Waals surface area contributed by atoms with Gasteiger partial charge in [-0.15, -0.1) is 12.4 Å². The van der Waals surface area contributed by atoms with Gasteiger partial charge in [0.1, 0.15) is 5.75 Å². The first-order valence-electron chi connectivity index (χ1n) is 8.21. The molecule has 1 heterocycles. The molecule has 0 radical (unpaired) electrons. The highest BCUT2D eigenvalue weighted by molar-refractivity contribution is 5.85. The molecule has 142 valence electrons. The summed E-state index contributed by atoms with van der Waals surface area (Å²) in [6.07, 6.45) is 2.97. The van der Waals surface area contributed by atoms with Gasteiger partial charge in [0.25, 0.3) is 0 Å². The Hall–Kier alpha value is -1.44. The minimum atomic E-state index is -2.84. The third-order valence-electron chi connectivity index (χ3n) is 4.00. The van der Waals surface area contributed by atoms with Crippen molar-refractivity contribution in [1.29, 1.82) is 0 Å². The number of hydrogen-bond acceptors (Lipinski definition) is 4. The molecule has 0 spiro atoms. The van der Waals surface area contributed by atoms with Crippen LogP contribution in [0.1, 0.15) is 24.8 Å². The van der Waals surface area contributed by atoms with Crippen LogP contribution in [0.5, 0.6) is 5.75 Å². The molecule has 0 aromatic heterocycles. The maximum atomic E-state index is 12.3. The number of carbonyl (C=O) groups excluding carboxylic acids is 1. The Kier molecular flexibility index (Phi) is 9.70. The zero-order valence-corrected chi connectivity index (χ0v) is 14.9. The fourth-order valence-electron chi connectivity index (χ4n) is 2.68. The van der Waals surface area contributed by atoms with Crippen LogP contribution in [0, 0.1) is 0 Å². The van der Waals surface area contributed by atoms with Crippen molar-refractivity contribution in [1.82, 2.24) is 4.90 Å². The van der Waals surface area contributed by atoms with Gasteiger partial charge < -0.3 is 20.1 Å². The third kappa shape index (κ3) is 7.54. The van der Waals surface area contributed by atoms with Gasteiger partial charge in [-0.25, -0.2) is 0 Å². The number of likely N-dealkylation sites (tertiary alicyclic amines) is 1. The van der Waals surface area contributed by atoms with Gasteiger partial charge >= 0.3 is 6.61 Å². The minimum absolute atomic E-state index is 0. The second-order valence-corrected chi connectivity index (χ2v) is 5.79. The van der Waals surface area contributed by atoms with E-state index >= 15 is 0 Å². The summed E-state index contributed by atoms with van der Waals surface area (Å²) in [5.74, 6) is 0.134. The summed E-state index contributed by atoms with van der Waals surface area (Å²) in [7, 11) is 0. The van der Waals surface area contributed by atoms with Crippen LogP contribution < -0.4 is 10.5 Å². The molecule has 1 aromatic rings. The number of benzene rings is 1. The van der Waals surface area contributed by atoms with Crippen LogP contribution in [-0.4, -0.2) is 49.8 Å². The summed E-state index contributed by atoms with van der Waals surface area (Å²) in [6, 6.07) is 6.18. The lowest BCUT2D eigenvalue weighted by Crippen LogP contribution is -2.41. The van der Waals surface area contributed by atoms with Crippen molar-refractivity contribution in [2.75, 3.05) is 26.2 Å². The number of halogens is 3. The zero-order valence-electron chi connectivity index (χ0n) is 14.0. The molecular formula is C17H25ClF2N2O3. The first-order chi connectivity index (χ1) is 11.6. The number of amides is 1. The fraction of sp³-hybridized carbons (Fsp3) is 0.588. The summed E-state index contributed by atoms with van der Waals surface area (Å²) in [5.41, 5.74) is 6.21. The lowest BCUT2D eigenvalue weighted by atomic mass is 10.1. The van der Waals surface area contributed by atoms with E-state index in [0.29, 0.717) is 26.2 Å². The van der Waals surface area contributed by atoms with Gasteiger partial charge in [0, 0.05) is 19.7 Å². The van der Waals surface area contributed by atoms with Crippen LogP contribution in [0.3, 0.4) is 0 Å². The Labute approximate surface area is 152 Å². The summed E-state index contributed by atoms with van der Waals surface area (Å²) >= 11 is 0. The topological polar surface area (TPSA) is 64.8 Å². The standard InChI is InChI=1S/C17H24F2N2O3.ClH/c18-17(19)24-15-4-2-13(3-5-15)12-16(22)21-9-6-14(7-10-21)23-11-1-8-20;/h2-5,14,17H,1,6-12,20H2;1H. The van der Waals surface area contributed by atoms with Gasteiger partial charge in [-0.3, -0.25) is 4.79 Å². The summed E-state index contributed by atoms with van der Waals surface area (Å²) in [6.45, 7) is -0.191. The Morgan fingerprint density at radius 2 is 1.88 bits per heavy atom. The van der Waals surface area contributed by atoms with E-state index in [0.717, 1.165) is 24.8 Å². The molecule has 1 aliphatic heterocycles. The SMILES string of the molecule is Cl.NCCCOC1CCN(C(=O)Cc2ccc(OC(F)F)cc2)CC1. The van der Waals surface area contributed by atoms with Crippen LogP contribution in [0.4, 0.5) is 8.78 Å². The first-order valence-corrected chi connectivity index (χ1v) is 8.21. The zero-order chi connectivity index (χ0) is 17.4. The average Bonchev–Trinajstić information content (AvgIpc) is 2.57. The van der Waals surface area contributed by atoms with Crippen LogP contribution in [0.2, 0.25) is 0 Å². The van der Waals surface area contributed by atoms with Gasteiger partial charge in [-0.2, -0.15) is 8.78 Å². The van der Waals surface area contributed by atoms with Crippen LogP contribution in [0.25, 0.3) is 0 Å². The molecular weight excluding hydrogens is 354 g/mol. The Bertz CT molecular complexity index is 509. The van der Waals surface area contributed by atoms with E-state index in [1.165, 1.54) is 12.1 Å². The normalized spacial score (nSPS) is 15.1. The molecule has 2 rings (SSSR count). The lowest BCUT2D eigenvalue weighted by molar-refractivity contribution is -0.133. The molecule has 1 fully saturated rings. The Morgan fingerprint density at radius 3 is 2.44 bits per heavy atom. The summed E-state index contributed by atoms with van der Waals surface area (Å²) in [5, 5.41) is 0. The van der Waals surface area contributed by atoms with Gasteiger partial charge in [0.15, 0.2) is 0 Å². The van der Waals surface area contributed by atoms with Crippen LogP contribution in [0.15, 0.2) is 24.3 Å². The molecule has 5 nitrogen and oxygen atoms in total. The highest BCUT2D eigenvalue weighted by Gasteiger charge is 2.23. The number of nitrogens with zero attached hydrogens (tertiary/aromatic N) is 1. The number of rotatable bonds is 8. The van der Waals surface area contributed by atoms with E-state index in [-0.39, 0.29) is 36.6 Å². The predicted molar refractivity (Wildman–Crippen MR) is 93.3 cm³/mol. The highest BCUT2D eigenvalue weighted by atomic mass is 35.5. The van der Waals surface area contributed by atoms with Gasteiger partial charge in [0.05, 0.1) is 12.5 Å². The lowest BCUT2D eigenvalue weighted by Gasteiger charge is -2.32. The molecule has 0 unspecified atom stereocenters. The molecule has 1 aromatic carbocycles. The molecule has 0 aliphatic carbocycles. The van der Waals surface area contributed by atoms with E-state index in [9.17, 15) is 13.6 Å². The molecule has 8 heteroatoms. The van der Waals surface area contributed by atoms with Crippen molar-refractivity contribution < 1.29 is 23.0 Å².